The molecule has 1 fully saturated rings. The summed E-state index contributed by atoms with van der Waals surface area (Å²) in [6, 6.07) is 14.2. The number of rotatable bonds is 8. The van der Waals surface area contributed by atoms with Crippen LogP contribution in [0.25, 0.3) is 0 Å². The smallest absolute Gasteiger partial charge is 0.330 e. The Balaban J connectivity index is 1.51. The number of benzene rings is 2. The summed E-state index contributed by atoms with van der Waals surface area (Å²) in [6.45, 7) is 10.1. The summed E-state index contributed by atoms with van der Waals surface area (Å²) < 4.78 is 15.5. The molecule has 0 amide bonds. The molecule has 1 saturated carbocycles. The van der Waals surface area contributed by atoms with E-state index in [1.54, 1.807) is 0 Å². The zero-order valence-corrected chi connectivity index (χ0v) is 20.3. The molecule has 4 nitrogen and oxygen atoms in total. The van der Waals surface area contributed by atoms with Gasteiger partial charge in [-0.1, -0.05) is 49.0 Å². The van der Waals surface area contributed by atoms with Gasteiger partial charge in [0.05, 0.1) is 19.5 Å². The third-order valence-corrected chi connectivity index (χ3v) is 5.96. The second kappa shape index (κ2) is 13.9. The van der Waals surface area contributed by atoms with E-state index in [1.165, 1.54) is 12.3 Å². The molecular weight excluding hydrogens is 436 g/mol. The highest BCUT2D eigenvalue weighted by Crippen LogP contribution is 2.28. The van der Waals surface area contributed by atoms with Gasteiger partial charge in [0.25, 0.3) is 0 Å². The highest BCUT2D eigenvalue weighted by atomic mass is 16.7. The normalized spacial score (nSPS) is 16.6. The van der Waals surface area contributed by atoms with Crippen molar-refractivity contribution < 1.29 is 19.0 Å². The molecule has 0 aromatic heterocycles. The SMILES string of the molecule is C=COCOCc1ccc(C#Cc2ccc(C#CC3CCC(COC(=O)C=C)CC3)cc2C)cc1. The first kappa shape index (κ1) is 25.9. The molecule has 1 aliphatic carbocycles. The number of carbonyl (C=O) groups is 1. The van der Waals surface area contributed by atoms with Crippen molar-refractivity contribution in [1.82, 2.24) is 0 Å². The fourth-order valence-corrected chi connectivity index (χ4v) is 3.88. The first-order chi connectivity index (χ1) is 17.1. The van der Waals surface area contributed by atoms with E-state index in [2.05, 4.69) is 49.8 Å². The van der Waals surface area contributed by atoms with E-state index in [4.69, 9.17) is 14.2 Å². The second-order valence-electron chi connectivity index (χ2n) is 8.60. The van der Waals surface area contributed by atoms with Crippen LogP contribution in [0.5, 0.6) is 0 Å². The average Bonchev–Trinajstić information content (AvgIpc) is 2.89. The molecule has 0 heterocycles. The lowest BCUT2D eigenvalue weighted by Crippen LogP contribution is -2.19. The Hall–Kier alpha value is -3.73. The molecule has 0 unspecified atom stereocenters. The maximum absolute atomic E-state index is 11.2. The number of hydrogen-bond donors (Lipinski definition) is 0. The zero-order valence-electron chi connectivity index (χ0n) is 20.3. The van der Waals surface area contributed by atoms with E-state index < -0.39 is 0 Å². The van der Waals surface area contributed by atoms with Crippen LogP contribution >= 0.6 is 0 Å². The van der Waals surface area contributed by atoms with Crippen molar-refractivity contribution in [3.8, 4) is 23.7 Å². The Morgan fingerprint density at radius 2 is 1.74 bits per heavy atom. The molecule has 0 spiro atoms. The van der Waals surface area contributed by atoms with Gasteiger partial charge in [-0.25, -0.2) is 4.79 Å². The highest BCUT2D eigenvalue weighted by molar-refractivity contribution is 5.81. The number of aryl methyl sites for hydroxylation is 1. The predicted molar refractivity (Wildman–Crippen MR) is 138 cm³/mol. The first-order valence-electron chi connectivity index (χ1n) is 11.9. The van der Waals surface area contributed by atoms with E-state index in [-0.39, 0.29) is 12.8 Å². The fraction of sp³-hybridized carbons (Fsp3) is 0.323. The molecule has 0 atom stereocenters. The molecule has 0 N–H and O–H groups in total. The number of ether oxygens (including phenoxy) is 3. The Kier molecular flexibility index (Phi) is 10.2. The van der Waals surface area contributed by atoms with Crippen molar-refractivity contribution in [2.75, 3.05) is 13.4 Å². The summed E-state index contributed by atoms with van der Waals surface area (Å²) >= 11 is 0. The summed E-state index contributed by atoms with van der Waals surface area (Å²) in [6.07, 6.45) is 6.73. The van der Waals surface area contributed by atoms with Gasteiger partial charge in [-0.2, -0.15) is 0 Å². The van der Waals surface area contributed by atoms with Crippen LogP contribution in [0.3, 0.4) is 0 Å². The van der Waals surface area contributed by atoms with Gasteiger partial charge in [-0.3, -0.25) is 0 Å². The van der Waals surface area contributed by atoms with Crippen LogP contribution in [-0.2, 0) is 25.6 Å². The van der Waals surface area contributed by atoms with Crippen molar-refractivity contribution >= 4 is 5.97 Å². The summed E-state index contributed by atoms with van der Waals surface area (Å²) in [5.74, 6) is 13.7. The largest absolute Gasteiger partial charge is 0.476 e. The Morgan fingerprint density at radius 1 is 1.00 bits per heavy atom. The summed E-state index contributed by atoms with van der Waals surface area (Å²) in [5, 5.41) is 0. The number of esters is 1. The third-order valence-electron chi connectivity index (χ3n) is 5.96. The van der Waals surface area contributed by atoms with Crippen LogP contribution in [0.2, 0.25) is 0 Å². The quantitative estimate of drug-likeness (QED) is 0.121. The molecule has 0 saturated heterocycles. The Labute approximate surface area is 209 Å². The molecule has 35 heavy (non-hydrogen) atoms. The highest BCUT2D eigenvalue weighted by Gasteiger charge is 2.20. The topological polar surface area (TPSA) is 44.8 Å². The van der Waals surface area contributed by atoms with Crippen LogP contribution < -0.4 is 0 Å². The van der Waals surface area contributed by atoms with Crippen LogP contribution in [0.1, 0.15) is 53.5 Å². The molecule has 0 radical (unpaired) electrons. The monoisotopic (exact) mass is 468 g/mol. The molecule has 0 bridgehead atoms. The average molecular weight is 469 g/mol. The van der Waals surface area contributed by atoms with Gasteiger partial charge < -0.3 is 14.2 Å². The van der Waals surface area contributed by atoms with Crippen molar-refractivity contribution in [3.05, 3.63) is 95.8 Å². The van der Waals surface area contributed by atoms with Crippen molar-refractivity contribution in [1.29, 1.82) is 0 Å². The van der Waals surface area contributed by atoms with Gasteiger partial charge in [0, 0.05) is 28.7 Å². The minimum Gasteiger partial charge on any atom is -0.476 e. The van der Waals surface area contributed by atoms with E-state index in [0.29, 0.717) is 25.0 Å². The van der Waals surface area contributed by atoms with E-state index >= 15 is 0 Å². The van der Waals surface area contributed by atoms with Crippen molar-refractivity contribution in [2.24, 2.45) is 11.8 Å². The first-order valence-corrected chi connectivity index (χ1v) is 11.9. The zero-order chi connectivity index (χ0) is 24.9. The number of carbonyl (C=O) groups excluding carboxylic acids is 1. The third kappa shape index (κ3) is 8.85. The molecule has 180 valence electrons. The molecular formula is C31H32O4. The van der Waals surface area contributed by atoms with E-state index in [1.807, 2.05) is 36.4 Å². The summed E-state index contributed by atoms with van der Waals surface area (Å²) in [4.78, 5) is 11.2. The van der Waals surface area contributed by atoms with E-state index in [9.17, 15) is 4.79 Å². The minimum atomic E-state index is -0.343. The minimum absolute atomic E-state index is 0.195. The standard InChI is InChI=1S/C31H32O4/c1-4-31(32)35-22-29-14-9-25(10-15-29)6-11-27-17-19-30(24(3)20-27)18-16-26-7-12-28(13-8-26)21-34-23-33-5-2/h4-5,7-8,12-13,17,19-20,25,29H,1-2,9-10,14-15,21-23H2,3H3. The maximum Gasteiger partial charge on any atom is 0.330 e. The van der Waals surface area contributed by atoms with Crippen LogP contribution in [0.4, 0.5) is 0 Å². The second-order valence-corrected chi connectivity index (χ2v) is 8.60. The molecule has 3 rings (SSSR count). The van der Waals surface area contributed by atoms with Crippen LogP contribution in [0.15, 0.2) is 68.0 Å². The lowest BCUT2D eigenvalue weighted by molar-refractivity contribution is -0.139. The fourth-order valence-electron chi connectivity index (χ4n) is 3.88. The van der Waals surface area contributed by atoms with Crippen molar-refractivity contribution in [2.45, 2.75) is 39.2 Å². The van der Waals surface area contributed by atoms with Crippen LogP contribution in [-0.4, -0.2) is 19.4 Å². The van der Waals surface area contributed by atoms with Crippen LogP contribution in [0, 0.1) is 42.4 Å². The molecule has 2 aromatic rings. The van der Waals surface area contributed by atoms with E-state index in [0.717, 1.165) is 53.5 Å². The van der Waals surface area contributed by atoms with Gasteiger partial charge in [-0.05, 0) is 80.0 Å². The predicted octanol–water partition coefficient (Wildman–Crippen LogP) is 5.92. The Morgan fingerprint density at radius 3 is 2.43 bits per heavy atom. The molecule has 1 aliphatic rings. The molecule has 4 heteroatoms. The van der Waals surface area contributed by atoms with Gasteiger partial charge in [0.1, 0.15) is 0 Å². The van der Waals surface area contributed by atoms with Gasteiger partial charge in [-0.15, -0.1) is 0 Å². The lowest BCUT2D eigenvalue weighted by Gasteiger charge is -2.25. The van der Waals surface area contributed by atoms with Gasteiger partial charge >= 0.3 is 5.97 Å². The van der Waals surface area contributed by atoms with Gasteiger partial charge in [0.15, 0.2) is 6.79 Å². The van der Waals surface area contributed by atoms with Gasteiger partial charge in [0.2, 0.25) is 0 Å². The number of hydrogen-bond acceptors (Lipinski definition) is 4. The Bertz CT molecular complexity index is 1130. The summed E-state index contributed by atoms with van der Waals surface area (Å²) in [7, 11) is 0. The van der Waals surface area contributed by atoms with Crippen molar-refractivity contribution in [3.63, 3.8) is 0 Å². The molecule has 2 aromatic carbocycles. The lowest BCUT2D eigenvalue weighted by atomic mass is 9.82. The molecule has 0 aliphatic heterocycles. The summed E-state index contributed by atoms with van der Waals surface area (Å²) in [5.41, 5.74) is 5.14. The maximum atomic E-state index is 11.2.